The van der Waals surface area contributed by atoms with Crippen LogP contribution in [0.5, 0.6) is 0 Å². The second kappa shape index (κ2) is 6.99. The summed E-state index contributed by atoms with van der Waals surface area (Å²) in [5, 5.41) is 1.56. The van der Waals surface area contributed by atoms with E-state index >= 15 is 0 Å². The number of hydrogen-bond donors (Lipinski definition) is 2. The second-order valence-electron chi connectivity index (χ2n) is 6.27. The van der Waals surface area contributed by atoms with Crippen LogP contribution in [0.25, 0.3) is 0 Å². The molecule has 140 valence electrons. The number of nitrogens with one attached hydrogen (secondary N) is 2. The molecule has 6 nitrogen and oxygen atoms in total. The van der Waals surface area contributed by atoms with Gasteiger partial charge in [-0.05, 0) is 31.2 Å². The Labute approximate surface area is 165 Å². The topological polar surface area (TPSA) is 60.5 Å². The average molecular weight is 408 g/mol. The van der Waals surface area contributed by atoms with Crippen molar-refractivity contribution in [3.63, 3.8) is 0 Å². The lowest BCUT2D eigenvalue weighted by atomic mass is 10.0. The summed E-state index contributed by atoms with van der Waals surface area (Å²) in [6.45, 7) is 2.40. The van der Waals surface area contributed by atoms with E-state index in [1.165, 1.54) is 6.07 Å². The number of halogens is 3. The highest BCUT2D eigenvalue weighted by molar-refractivity contribution is 6.44. The molecule has 0 saturated carbocycles. The van der Waals surface area contributed by atoms with Crippen molar-refractivity contribution in [1.29, 1.82) is 0 Å². The maximum absolute atomic E-state index is 13.5. The van der Waals surface area contributed by atoms with Crippen molar-refractivity contribution in [3.8, 4) is 0 Å². The smallest absolute Gasteiger partial charge is 0.255 e. The van der Waals surface area contributed by atoms with E-state index in [1.807, 2.05) is 30.1 Å². The number of carbonyl (C=O) groups is 1. The van der Waals surface area contributed by atoms with Gasteiger partial charge >= 0.3 is 0 Å². The number of hydrazine groups is 2. The molecule has 0 aliphatic carbocycles. The highest BCUT2D eigenvalue weighted by atomic mass is 35.5. The SMILES string of the molecule is C[C@@H]1C2=C(CCN1C(=O)c1ccc(F)c(Cl)c1Cl)N(c1ccccn1)NN2. The van der Waals surface area contributed by atoms with E-state index in [1.54, 1.807) is 11.1 Å². The van der Waals surface area contributed by atoms with E-state index in [0.717, 1.165) is 23.3 Å². The van der Waals surface area contributed by atoms with Crippen LogP contribution in [0.3, 0.4) is 0 Å². The molecule has 0 spiro atoms. The fraction of sp³-hybridized carbons (Fsp3) is 0.222. The fourth-order valence-electron chi connectivity index (χ4n) is 3.35. The van der Waals surface area contributed by atoms with Crippen molar-refractivity contribution in [3.05, 3.63) is 69.3 Å². The van der Waals surface area contributed by atoms with E-state index < -0.39 is 5.82 Å². The van der Waals surface area contributed by atoms with Gasteiger partial charge in [-0.3, -0.25) is 4.79 Å². The molecular weight excluding hydrogens is 392 g/mol. The molecule has 0 saturated heterocycles. The van der Waals surface area contributed by atoms with E-state index in [2.05, 4.69) is 15.9 Å². The maximum Gasteiger partial charge on any atom is 0.255 e. The fourth-order valence-corrected chi connectivity index (χ4v) is 3.75. The number of rotatable bonds is 2. The Bertz CT molecular complexity index is 937. The molecule has 0 unspecified atom stereocenters. The van der Waals surface area contributed by atoms with Gasteiger partial charge in [-0.15, -0.1) is 5.53 Å². The first-order chi connectivity index (χ1) is 13.0. The molecule has 9 heteroatoms. The molecular formula is C18H16Cl2FN5O. The first-order valence-electron chi connectivity index (χ1n) is 8.39. The van der Waals surface area contributed by atoms with Gasteiger partial charge in [0.1, 0.15) is 11.6 Å². The molecule has 27 heavy (non-hydrogen) atoms. The maximum atomic E-state index is 13.5. The van der Waals surface area contributed by atoms with Crippen LogP contribution in [-0.4, -0.2) is 28.4 Å². The van der Waals surface area contributed by atoms with E-state index in [9.17, 15) is 9.18 Å². The Kier molecular flexibility index (Phi) is 4.67. The molecule has 0 fully saturated rings. The highest BCUT2D eigenvalue weighted by Gasteiger charge is 2.37. The van der Waals surface area contributed by atoms with Crippen LogP contribution in [0.4, 0.5) is 10.2 Å². The zero-order valence-corrected chi connectivity index (χ0v) is 15.9. The minimum atomic E-state index is -0.650. The summed E-state index contributed by atoms with van der Waals surface area (Å²) in [5.41, 5.74) is 8.30. The highest BCUT2D eigenvalue weighted by Crippen LogP contribution is 2.33. The van der Waals surface area contributed by atoms with E-state index in [0.29, 0.717) is 13.0 Å². The predicted octanol–water partition coefficient (Wildman–Crippen LogP) is 3.50. The number of carbonyl (C=O) groups excluding carboxylic acids is 1. The van der Waals surface area contributed by atoms with Crippen molar-refractivity contribution < 1.29 is 9.18 Å². The molecule has 0 bridgehead atoms. The zero-order chi connectivity index (χ0) is 19.1. The van der Waals surface area contributed by atoms with Gasteiger partial charge in [-0.2, -0.15) is 0 Å². The van der Waals surface area contributed by atoms with Crippen molar-refractivity contribution in [2.75, 3.05) is 11.6 Å². The molecule has 1 amide bonds. The zero-order valence-electron chi connectivity index (χ0n) is 14.3. The van der Waals surface area contributed by atoms with Gasteiger partial charge in [0, 0.05) is 19.2 Å². The first-order valence-corrected chi connectivity index (χ1v) is 9.15. The quantitative estimate of drug-likeness (QED) is 0.745. The molecule has 2 N–H and O–H groups in total. The Morgan fingerprint density at radius 2 is 2.07 bits per heavy atom. The van der Waals surface area contributed by atoms with Gasteiger partial charge in [-0.25, -0.2) is 14.4 Å². The third kappa shape index (κ3) is 3.01. The van der Waals surface area contributed by atoms with Gasteiger partial charge in [0.05, 0.1) is 33.0 Å². The molecule has 3 heterocycles. The number of pyridine rings is 1. The number of aromatic nitrogens is 1. The van der Waals surface area contributed by atoms with Crippen LogP contribution in [0.2, 0.25) is 10.0 Å². The summed E-state index contributed by atoms with van der Waals surface area (Å²) in [5.74, 6) is -0.183. The molecule has 2 aliphatic heterocycles. The Balaban J connectivity index is 1.62. The first kappa shape index (κ1) is 18.0. The average Bonchev–Trinajstić information content (AvgIpc) is 3.12. The molecule has 2 aromatic rings. The summed E-state index contributed by atoms with van der Waals surface area (Å²) in [6.07, 6.45) is 2.34. The van der Waals surface area contributed by atoms with Gasteiger partial charge in [-0.1, -0.05) is 29.3 Å². The lowest BCUT2D eigenvalue weighted by Gasteiger charge is -2.35. The summed E-state index contributed by atoms with van der Waals surface area (Å²) in [4.78, 5) is 19.0. The van der Waals surface area contributed by atoms with Crippen LogP contribution in [0, 0.1) is 5.82 Å². The summed E-state index contributed by atoms with van der Waals surface area (Å²) < 4.78 is 13.5. The summed E-state index contributed by atoms with van der Waals surface area (Å²) in [6, 6.07) is 7.94. The minimum absolute atomic E-state index is 0.0683. The van der Waals surface area contributed by atoms with Crippen molar-refractivity contribution in [1.82, 2.24) is 20.8 Å². The van der Waals surface area contributed by atoms with Gasteiger partial charge in [0.25, 0.3) is 5.91 Å². The van der Waals surface area contributed by atoms with Crippen LogP contribution >= 0.6 is 23.2 Å². The predicted molar refractivity (Wildman–Crippen MR) is 102 cm³/mol. The van der Waals surface area contributed by atoms with Crippen LogP contribution in [-0.2, 0) is 0 Å². The number of benzene rings is 1. The third-order valence-corrected chi connectivity index (χ3v) is 5.62. The number of amides is 1. The summed E-state index contributed by atoms with van der Waals surface area (Å²) in [7, 11) is 0. The lowest BCUT2D eigenvalue weighted by molar-refractivity contribution is 0.0703. The molecule has 1 atom stereocenters. The van der Waals surface area contributed by atoms with Gasteiger partial charge in [0.2, 0.25) is 0 Å². The van der Waals surface area contributed by atoms with E-state index in [4.69, 9.17) is 23.2 Å². The number of hydrogen-bond acceptors (Lipinski definition) is 5. The van der Waals surface area contributed by atoms with Gasteiger partial charge < -0.3 is 10.3 Å². The normalized spacial score (nSPS) is 19.2. The molecule has 2 aliphatic rings. The van der Waals surface area contributed by atoms with Crippen molar-refractivity contribution >= 4 is 34.9 Å². The van der Waals surface area contributed by atoms with Crippen LogP contribution in [0.15, 0.2) is 47.9 Å². The Morgan fingerprint density at radius 3 is 2.81 bits per heavy atom. The Morgan fingerprint density at radius 1 is 1.26 bits per heavy atom. The molecule has 4 rings (SSSR count). The molecule has 1 aromatic carbocycles. The third-order valence-electron chi connectivity index (χ3n) is 4.76. The van der Waals surface area contributed by atoms with Crippen LogP contribution in [0.1, 0.15) is 23.7 Å². The summed E-state index contributed by atoms with van der Waals surface area (Å²) >= 11 is 12.0. The minimum Gasteiger partial charge on any atom is -0.330 e. The van der Waals surface area contributed by atoms with Crippen molar-refractivity contribution in [2.45, 2.75) is 19.4 Å². The largest absolute Gasteiger partial charge is 0.330 e. The lowest BCUT2D eigenvalue weighted by Crippen LogP contribution is -2.45. The van der Waals surface area contributed by atoms with Crippen molar-refractivity contribution in [2.24, 2.45) is 0 Å². The monoisotopic (exact) mass is 407 g/mol. The Hall–Kier alpha value is -2.35. The number of anilines is 1. The van der Waals surface area contributed by atoms with E-state index in [-0.39, 0.29) is 27.6 Å². The van der Waals surface area contributed by atoms with Crippen LogP contribution < -0.4 is 16.0 Å². The standard InChI is InChI=1S/C18H16Cl2FN5O/c1-10-17-13(26(24-23-17)14-4-2-3-8-22-14)7-9-25(10)18(27)11-5-6-12(21)16(20)15(11)19/h2-6,8,10,23-24H,7,9H2,1H3/t10-/m1/s1. The molecule has 0 radical (unpaired) electrons. The molecule has 1 aromatic heterocycles. The number of nitrogens with zero attached hydrogens (tertiary/aromatic N) is 3. The second-order valence-corrected chi connectivity index (χ2v) is 7.02. The van der Waals surface area contributed by atoms with Gasteiger partial charge in [0.15, 0.2) is 0 Å².